The summed E-state index contributed by atoms with van der Waals surface area (Å²) in [6, 6.07) is 3.09. The summed E-state index contributed by atoms with van der Waals surface area (Å²) in [5.41, 5.74) is -0.0684. The van der Waals surface area contributed by atoms with Crippen molar-refractivity contribution in [3.63, 3.8) is 0 Å². The number of carbonyl (C=O) groups excluding carboxylic acids is 1. The first-order valence-corrected chi connectivity index (χ1v) is 7.85. The van der Waals surface area contributed by atoms with Crippen molar-refractivity contribution in [3.8, 4) is 0 Å². The molecule has 23 heavy (non-hydrogen) atoms. The van der Waals surface area contributed by atoms with E-state index in [0.717, 1.165) is 38.1 Å². The molecule has 0 fully saturated rings. The molecule has 6 heteroatoms. The standard InChI is InChI=1S/C17H27F2N3O/c1-20(2)9-5-11-22(12-6-10-21(3)4)17(23)15-8-7-14(18)13-16(15)19/h7-8,13H,5-6,9-12H2,1-4H3. The summed E-state index contributed by atoms with van der Waals surface area (Å²) >= 11 is 0. The van der Waals surface area contributed by atoms with Gasteiger partial charge >= 0.3 is 0 Å². The Morgan fingerprint density at radius 3 is 1.87 bits per heavy atom. The number of hydrogen-bond acceptors (Lipinski definition) is 3. The molecule has 0 saturated carbocycles. The van der Waals surface area contributed by atoms with Gasteiger partial charge in [0.25, 0.3) is 5.91 Å². The monoisotopic (exact) mass is 327 g/mol. The van der Waals surface area contributed by atoms with Gasteiger partial charge in [0.05, 0.1) is 5.56 Å². The number of halogens is 2. The molecule has 0 saturated heterocycles. The molecule has 0 bridgehead atoms. The Kier molecular flexibility index (Phi) is 8.12. The largest absolute Gasteiger partial charge is 0.338 e. The summed E-state index contributed by atoms with van der Waals surface area (Å²) in [7, 11) is 7.88. The van der Waals surface area contributed by atoms with Crippen LogP contribution in [0.5, 0.6) is 0 Å². The molecule has 0 heterocycles. The van der Waals surface area contributed by atoms with Crippen molar-refractivity contribution in [1.82, 2.24) is 14.7 Å². The predicted octanol–water partition coefficient (Wildman–Crippen LogP) is 2.31. The van der Waals surface area contributed by atoms with E-state index in [1.807, 2.05) is 38.0 Å². The lowest BCUT2D eigenvalue weighted by molar-refractivity contribution is 0.0740. The Morgan fingerprint density at radius 2 is 1.43 bits per heavy atom. The second-order valence-electron chi connectivity index (χ2n) is 6.23. The van der Waals surface area contributed by atoms with Crippen molar-refractivity contribution in [1.29, 1.82) is 0 Å². The molecule has 0 radical (unpaired) electrons. The van der Waals surface area contributed by atoms with Gasteiger partial charge in [0.1, 0.15) is 11.6 Å². The van der Waals surface area contributed by atoms with Crippen LogP contribution in [0.4, 0.5) is 8.78 Å². The van der Waals surface area contributed by atoms with Crippen molar-refractivity contribution in [3.05, 3.63) is 35.4 Å². The van der Waals surface area contributed by atoms with Crippen molar-refractivity contribution in [2.75, 3.05) is 54.4 Å². The summed E-state index contributed by atoms with van der Waals surface area (Å²) in [6.07, 6.45) is 1.62. The highest BCUT2D eigenvalue weighted by molar-refractivity contribution is 5.94. The maximum absolute atomic E-state index is 13.9. The Bertz CT molecular complexity index is 493. The van der Waals surface area contributed by atoms with E-state index in [4.69, 9.17) is 0 Å². The van der Waals surface area contributed by atoms with Gasteiger partial charge in [-0.1, -0.05) is 0 Å². The highest BCUT2D eigenvalue weighted by Gasteiger charge is 2.19. The van der Waals surface area contributed by atoms with Crippen molar-refractivity contribution >= 4 is 5.91 Å². The van der Waals surface area contributed by atoms with E-state index in [9.17, 15) is 13.6 Å². The molecular formula is C17H27F2N3O. The summed E-state index contributed by atoms with van der Waals surface area (Å²) < 4.78 is 26.9. The quantitative estimate of drug-likeness (QED) is 0.696. The van der Waals surface area contributed by atoms with E-state index in [0.29, 0.717) is 13.1 Å². The van der Waals surface area contributed by atoms with Gasteiger partial charge in [0.2, 0.25) is 0 Å². The van der Waals surface area contributed by atoms with Gasteiger partial charge in [-0.2, -0.15) is 0 Å². The molecule has 0 aliphatic rings. The van der Waals surface area contributed by atoms with Gasteiger partial charge in [0.15, 0.2) is 0 Å². The van der Waals surface area contributed by atoms with E-state index in [1.165, 1.54) is 6.07 Å². The van der Waals surface area contributed by atoms with E-state index in [2.05, 4.69) is 0 Å². The van der Waals surface area contributed by atoms with Gasteiger partial charge in [-0.15, -0.1) is 0 Å². The summed E-state index contributed by atoms with van der Waals surface area (Å²) in [6.45, 7) is 2.81. The molecule has 0 atom stereocenters. The molecule has 0 spiro atoms. The normalized spacial score (nSPS) is 11.3. The molecule has 4 nitrogen and oxygen atoms in total. The second kappa shape index (κ2) is 9.57. The third kappa shape index (κ3) is 7.05. The van der Waals surface area contributed by atoms with Gasteiger partial charge in [0, 0.05) is 19.2 Å². The Morgan fingerprint density at radius 1 is 0.913 bits per heavy atom. The fraction of sp³-hybridized carbons (Fsp3) is 0.588. The summed E-state index contributed by atoms with van der Waals surface area (Å²) in [5.74, 6) is -1.86. The lowest BCUT2D eigenvalue weighted by Gasteiger charge is -2.24. The average Bonchev–Trinajstić information content (AvgIpc) is 2.44. The van der Waals surface area contributed by atoms with Gasteiger partial charge in [-0.05, 0) is 66.3 Å². The van der Waals surface area contributed by atoms with Crippen LogP contribution in [-0.2, 0) is 0 Å². The molecule has 0 aliphatic heterocycles. The first-order chi connectivity index (χ1) is 10.8. The van der Waals surface area contributed by atoms with Crippen molar-refractivity contribution in [2.24, 2.45) is 0 Å². The smallest absolute Gasteiger partial charge is 0.256 e. The van der Waals surface area contributed by atoms with Gasteiger partial charge in [-0.3, -0.25) is 4.79 Å². The van der Waals surface area contributed by atoms with E-state index in [-0.39, 0.29) is 11.5 Å². The van der Waals surface area contributed by atoms with Crippen LogP contribution in [-0.4, -0.2) is 75.0 Å². The first kappa shape index (κ1) is 19.5. The summed E-state index contributed by atoms with van der Waals surface area (Å²) in [5, 5.41) is 0. The highest BCUT2D eigenvalue weighted by atomic mass is 19.1. The molecular weight excluding hydrogens is 300 g/mol. The number of benzene rings is 1. The minimum Gasteiger partial charge on any atom is -0.338 e. The maximum atomic E-state index is 13.9. The number of carbonyl (C=O) groups is 1. The van der Waals surface area contributed by atoms with Gasteiger partial charge < -0.3 is 14.7 Å². The maximum Gasteiger partial charge on any atom is 0.256 e. The van der Waals surface area contributed by atoms with Crippen LogP contribution in [0, 0.1) is 11.6 Å². The topological polar surface area (TPSA) is 26.8 Å². The highest BCUT2D eigenvalue weighted by Crippen LogP contribution is 2.13. The van der Waals surface area contributed by atoms with Crippen LogP contribution in [0.1, 0.15) is 23.2 Å². The first-order valence-electron chi connectivity index (χ1n) is 7.85. The number of nitrogens with zero attached hydrogens (tertiary/aromatic N) is 3. The lowest BCUT2D eigenvalue weighted by atomic mass is 10.1. The van der Waals surface area contributed by atoms with Crippen LogP contribution in [0.2, 0.25) is 0 Å². The summed E-state index contributed by atoms with van der Waals surface area (Å²) in [4.78, 5) is 18.3. The minimum atomic E-state index is -0.805. The SMILES string of the molecule is CN(C)CCCN(CCCN(C)C)C(=O)c1ccc(F)cc1F. The average molecular weight is 327 g/mol. The minimum absolute atomic E-state index is 0.0684. The Balaban J connectivity index is 2.77. The van der Waals surface area contributed by atoms with Crippen LogP contribution in [0.15, 0.2) is 18.2 Å². The third-order valence-corrected chi connectivity index (χ3v) is 3.52. The van der Waals surface area contributed by atoms with Gasteiger partial charge in [-0.25, -0.2) is 8.78 Å². The zero-order valence-corrected chi connectivity index (χ0v) is 14.5. The van der Waals surface area contributed by atoms with Crippen LogP contribution in [0.3, 0.4) is 0 Å². The molecule has 1 aromatic rings. The molecule has 1 aromatic carbocycles. The van der Waals surface area contributed by atoms with E-state index >= 15 is 0 Å². The molecule has 0 aliphatic carbocycles. The Hall–Kier alpha value is -1.53. The number of hydrogen-bond donors (Lipinski definition) is 0. The predicted molar refractivity (Wildman–Crippen MR) is 88.6 cm³/mol. The molecule has 0 unspecified atom stereocenters. The molecule has 1 rings (SSSR count). The molecule has 130 valence electrons. The van der Waals surface area contributed by atoms with Crippen molar-refractivity contribution < 1.29 is 13.6 Å². The molecule has 0 N–H and O–H groups in total. The third-order valence-electron chi connectivity index (χ3n) is 3.52. The number of amides is 1. The van der Waals surface area contributed by atoms with Crippen molar-refractivity contribution in [2.45, 2.75) is 12.8 Å². The van der Waals surface area contributed by atoms with Crippen LogP contribution >= 0.6 is 0 Å². The molecule has 1 amide bonds. The zero-order valence-electron chi connectivity index (χ0n) is 14.5. The zero-order chi connectivity index (χ0) is 17.4. The lowest BCUT2D eigenvalue weighted by Crippen LogP contribution is -2.36. The second-order valence-corrected chi connectivity index (χ2v) is 6.23. The Labute approximate surface area is 137 Å². The van der Waals surface area contributed by atoms with E-state index < -0.39 is 11.6 Å². The van der Waals surface area contributed by atoms with Crippen LogP contribution < -0.4 is 0 Å². The number of rotatable bonds is 9. The molecule has 0 aromatic heterocycles. The fourth-order valence-corrected chi connectivity index (χ4v) is 2.30. The fourth-order valence-electron chi connectivity index (χ4n) is 2.30. The van der Waals surface area contributed by atoms with E-state index in [1.54, 1.807) is 4.90 Å². The van der Waals surface area contributed by atoms with Crippen LogP contribution in [0.25, 0.3) is 0 Å².